The van der Waals surface area contributed by atoms with Gasteiger partial charge in [0.25, 0.3) is 5.91 Å². The van der Waals surface area contributed by atoms with Crippen molar-refractivity contribution < 1.29 is 42.4 Å². The van der Waals surface area contributed by atoms with E-state index in [2.05, 4.69) is 10.2 Å². The number of benzene rings is 1. The summed E-state index contributed by atoms with van der Waals surface area (Å²) in [6.45, 7) is 7.16. The molecule has 2 saturated heterocycles. The molecule has 1 aromatic carbocycles. The van der Waals surface area contributed by atoms with Gasteiger partial charge in [-0.3, -0.25) is 9.69 Å². The van der Waals surface area contributed by atoms with Crippen LogP contribution in [0.3, 0.4) is 0 Å². The lowest BCUT2D eigenvalue weighted by molar-refractivity contribution is -0.185. The van der Waals surface area contributed by atoms with E-state index in [4.69, 9.17) is 28.4 Å². The highest BCUT2D eigenvalue weighted by Crippen LogP contribution is 2.44. The largest absolute Gasteiger partial charge is 0.467 e. The van der Waals surface area contributed by atoms with E-state index in [0.29, 0.717) is 31.9 Å². The fourth-order valence-corrected chi connectivity index (χ4v) is 5.09. The van der Waals surface area contributed by atoms with Crippen molar-refractivity contribution >= 4 is 11.9 Å². The van der Waals surface area contributed by atoms with Crippen LogP contribution in [0.4, 0.5) is 4.39 Å². The summed E-state index contributed by atoms with van der Waals surface area (Å²) in [5.74, 6) is -2.21. The van der Waals surface area contributed by atoms with Gasteiger partial charge < -0.3 is 33.7 Å². The van der Waals surface area contributed by atoms with Gasteiger partial charge in [-0.2, -0.15) is 0 Å². The van der Waals surface area contributed by atoms with Crippen LogP contribution in [-0.2, 0) is 44.6 Å². The number of rotatable bonds is 10. The van der Waals surface area contributed by atoms with Crippen LogP contribution in [0.25, 0.3) is 0 Å². The van der Waals surface area contributed by atoms with E-state index >= 15 is 0 Å². The van der Waals surface area contributed by atoms with Gasteiger partial charge in [0.15, 0.2) is 11.4 Å². The molecule has 2 aliphatic heterocycles. The minimum atomic E-state index is -1.39. The first-order valence-corrected chi connectivity index (χ1v) is 12.7. The zero-order valence-electron chi connectivity index (χ0n) is 21.7. The maximum atomic E-state index is 14.4. The first-order valence-electron chi connectivity index (χ1n) is 12.7. The zero-order chi connectivity index (χ0) is 26.5. The van der Waals surface area contributed by atoms with Crippen LogP contribution < -0.4 is 5.32 Å². The van der Waals surface area contributed by atoms with E-state index < -0.39 is 41.5 Å². The number of hydrogen-bond donors (Lipinski definition) is 1. The van der Waals surface area contributed by atoms with Crippen molar-refractivity contribution in [1.29, 1.82) is 0 Å². The molecule has 206 valence electrons. The summed E-state index contributed by atoms with van der Waals surface area (Å²) >= 11 is 0. The molecule has 4 atom stereocenters. The molecule has 2 heterocycles. The molecule has 1 unspecified atom stereocenters. The molecule has 0 aromatic heterocycles. The number of carbonyl (C=O) groups is 2. The normalized spacial score (nSPS) is 29.5. The van der Waals surface area contributed by atoms with Gasteiger partial charge in [0.2, 0.25) is 0 Å². The van der Waals surface area contributed by atoms with Crippen LogP contribution in [0.5, 0.6) is 0 Å². The standard InChI is InChI=1S/C26H37FN2O8/c1-25(2)36-21-15-26(35-16-18-6-4-5-7-19(18)27,14-20(23(21)37-25)34-17-22(30)32-3)24(31)28-8-9-29-10-12-33-13-11-29/h4-7,20-21,23H,8-17H2,1-3H3,(H,28,31)/t20?,21-,23+,26-/m1/s1. The molecule has 3 aliphatic rings. The number of hydrogen-bond acceptors (Lipinski definition) is 9. The third-order valence-electron chi connectivity index (χ3n) is 6.99. The van der Waals surface area contributed by atoms with Crippen LogP contribution in [-0.4, -0.2) is 99.6 Å². The topological polar surface area (TPSA) is 105 Å². The maximum Gasteiger partial charge on any atom is 0.331 e. The third kappa shape index (κ3) is 7.04. The molecule has 0 spiro atoms. The Labute approximate surface area is 216 Å². The van der Waals surface area contributed by atoms with Gasteiger partial charge in [-0.1, -0.05) is 18.2 Å². The van der Waals surface area contributed by atoms with Crippen molar-refractivity contribution in [1.82, 2.24) is 10.2 Å². The second kappa shape index (κ2) is 12.1. The monoisotopic (exact) mass is 524 g/mol. The molecule has 11 heteroatoms. The van der Waals surface area contributed by atoms with E-state index in [1.807, 2.05) is 0 Å². The highest BCUT2D eigenvalue weighted by Gasteiger charge is 2.58. The molecule has 3 fully saturated rings. The summed E-state index contributed by atoms with van der Waals surface area (Å²) < 4.78 is 48.9. The lowest BCUT2D eigenvalue weighted by Crippen LogP contribution is -2.60. The quantitative estimate of drug-likeness (QED) is 0.455. The second-order valence-corrected chi connectivity index (χ2v) is 10.1. The summed E-state index contributed by atoms with van der Waals surface area (Å²) in [5, 5.41) is 3.00. The lowest BCUT2D eigenvalue weighted by Gasteiger charge is -2.43. The van der Waals surface area contributed by atoms with E-state index in [1.165, 1.54) is 13.2 Å². The van der Waals surface area contributed by atoms with Crippen molar-refractivity contribution in [3.05, 3.63) is 35.6 Å². The number of morpholine rings is 1. The highest BCUT2D eigenvalue weighted by atomic mass is 19.1. The van der Waals surface area contributed by atoms with Crippen molar-refractivity contribution in [2.24, 2.45) is 0 Å². The molecule has 1 saturated carbocycles. The van der Waals surface area contributed by atoms with Gasteiger partial charge >= 0.3 is 5.97 Å². The molecule has 1 aliphatic carbocycles. The Balaban J connectivity index is 1.53. The first kappa shape index (κ1) is 27.9. The van der Waals surface area contributed by atoms with E-state index in [0.717, 1.165) is 13.1 Å². The Morgan fingerprint density at radius 2 is 1.92 bits per heavy atom. The van der Waals surface area contributed by atoms with E-state index in [9.17, 15) is 14.0 Å². The predicted octanol–water partition coefficient (Wildman–Crippen LogP) is 1.40. The molecule has 0 radical (unpaired) electrons. The highest BCUT2D eigenvalue weighted by molar-refractivity contribution is 5.85. The van der Waals surface area contributed by atoms with Crippen LogP contribution in [0.15, 0.2) is 24.3 Å². The number of methoxy groups -OCH3 is 1. The zero-order valence-corrected chi connectivity index (χ0v) is 21.7. The van der Waals surface area contributed by atoms with Crippen molar-refractivity contribution in [2.45, 2.75) is 63.0 Å². The van der Waals surface area contributed by atoms with Crippen LogP contribution >= 0.6 is 0 Å². The molecular formula is C26H37FN2O8. The Kier molecular flexibility index (Phi) is 9.15. The number of nitrogens with zero attached hydrogens (tertiary/aromatic N) is 1. The summed E-state index contributed by atoms with van der Waals surface area (Å²) in [6.07, 6.45) is -1.44. The Hall–Kier alpha value is -2.15. The molecule has 10 nitrogen and oxygen atoms in total. The van der Waals surface area contributed by atoms with Gasteiger partial charge in [-0.15, -0.1) is 0 Å². The Morgan fingerprint density at radius 3 is 2.65 bits per heavy atom. The smallest absolute Gasteiger partial charge is 0.331 e. The Morgan fingerprint density at radius 1 is 1.16 bits per heavy atom. The van der Waals surface area contributed by atoms with Gasteiger partial charge in [0.05, 0.1) is 39.1 Å². The Bertz CT molecular complexity index is 941. The van der Waals surface area contributed by atoms with E-state index in [-0.39, 0.29) is 32.0 Å². The molecular weight excluding hydrogens is 487 g/mol. The number of carbonyl (C=O) groups excluding carboxylic acids is 2. The summed E-state index contributed by atoms with van der Waals surface area (Å²) in [4.78, 5) is 27.8. The van der Waals surface area contributed by atoms with Gasteiger partial charge in [0, 0.05) is 44.6 Å². The fraction of sp³-hybridized carbons (Fsp3) is 0.692. The number of amides is 1. The van der Waals surface area contributed by atoms with Crippen molar-refractivity contribution in [3.63, 3.8) is 0 Å². The summed E-state index contributed by atoms with van der Waals surface area (Å²) in [7, 11) is 1.28. The number of ether oxygens (including phenoxy) is 6. The first-order chi connectivity index (χ1) is 17.7. The van der Waals surface area contributed by atoms with Gasteiger partial charge in [-0.05, 0) is 19.9 Å². The molecule has 37 heavy (non-hydrogen) atoms. The SMILES string of the molecule is COC(=O)COC1C[C@](OCc2ccccc2F)(C(=O)NCCN2CCOCC2)C[C@H]2OC(C)(C)O[C@@H]12. The van der Waals surface area contributed by atoms with Crippen molar-refractivity contribution in [2.75, 3.05) is 53.1 Å². The number of esters is 1. The van der Waals surface area contributed by atoms with E-state index in [1.54, 1.807) is 32.0 Å². The minimum Gasteiger partial charge on any atom is -0.467 e. The minimum absolute atomic E-state index is 0.0996. The number of halogens is 1. The van der Waals surface area contributed by atoms with Crippen LogP contribution in [0, 0.1) is 5.82 Å². The molecule has 0 bridgehead atoms. The lowest BCUT2D eigenvalue weighted by atomic mass is 9.78. The van der Waals surface area contributed by atoms with Crippen LogP contribution in [0.1, 0.15) is 32.3 Å². The van der Waals surface area contributed by atoms with Crippen molar-refractivity contribution in [3.8, 4) is 0 Å². The fourth-order valence-electron chi connectivity index (χ4n) is 5.09. The molecule has 1 N–H and O–H groups in total. The predicted molar refractivity (Wildman–Crippen MR) is 129 cm³/mol. The third-order valence-corrected chi connectivity index (χ3v) is 6.99. The number of fused-ring (bicyclic) bond motifs is 1. The summed E-state index contributed by atoms with van der Waals surface area (Å²) in [6, 6.07) is 6.28. The van der Waals surface area contributed by atoms with Crippen LogP contribution in [0.2, 0.25) is 0 Å². The average molecular weight is 525 g/mol. The molecule has 1 amide bonds. The van der Waals surface area contributed by atoms with Gasteiger partial charge in [-0.25, -0.2) is 9.18 Å². The van der Waals surface area contributed by atoms with Gasteiger partial charge in [0.1, 0.15) is 18.5 Å². The maximum absolute atomic E-state index is 14.4. The molecule has 1 aromatic rings. The summed E-state index contributed by atoms with van der Waals surface area (Å²) in [5.41, 5.74) is -1.06. The second-order valence-electron chi connectivity index (χ2n) is 10.1. The number of nitrogens with one attached hydrogen (secondary N) is 1. The molecule has 4 rings (SSSR count). The average Bonchev–Trinajstić information content (AvgIpc) is 3.20.